The Labute approximate surface area is 143 Å². The van der Waals surface area contributed by atoms with Crippen molar-refractivity contribution in [2.75, 3.05) is 17.2 Å². The van der Waals surface area contributed by atoms with Gasteiger partial charge < -0.3 is 15.4 Å². The molecule has 2 heterocycles. The quantitative estimate of drug-likeness (QED) is 0.779. The van der Waals surface area contributed by atoms with Crippen LogP contribution in [0.4, 0.5) is 21.7 Å². The molecule has 1 aliphatic carbocycles. The second-order valence-electron chi connectivity index (χ2n) is 5.56. The van der Waals surface area contributed by atoms with Crippen LogP contribution in [0, 0.1) is 17.1 Å². The van der Waals surface area contributed by atoms with E-state index in [0.29, 0.717) is 11.7 Å². The number of carbonyl (C=O) groups is 1. The van der Waals surface area contributed by atoms with Gasteiger partial charge in [-0.15, -0.1) is 0 Å². The molecule has 3 rings (SSSR count). The Hall–Kier alpha value is -3.21. The third-order valence-electron chi connectivity index (χ3n) is 3.47. The molecule has 0 radical (unpaired) electrons. The molecule has 2 aromatic rings. The molecule has 2 N–H and O–H groups in total. The molecule has 1 saturated carbocycles. The number of pyridine rings is 2. The molecule has 0 aliphatic heterocycles. The van der Waals surface area contributed by atoms with Crippen molar-refractivity contribution in [2.45, 2.75) is 25.8 Å². The Bertz CT molecular complexity index is 845. The van der Waals surface area contributed by atoms with Crippen LogP contribution in [0.15, 0.2) is 24.4 Å². The summed E-state index contributed by atoms with van der Waals surface area (Å²) in [6.45, 7) is 1.94. The molecule has 0 saturated heterocycles. The maximum absolute atomic E-state index is 14.0. The summed E-state index contributed by atoms with van der Waals surface area (Å²) < 4.78 is 19.0. The molecule has 0 atom stereocenters. The second kappa shape index (κ2) is 7.13. The second-order valence-corrected chi connectivity index (χ2v) is 5.56. The average molecular weight is 341 g/mol. The zero-order chi connectivity index (χ0) is 17.8. The highest BCUT2D eigenvalue weighted by atomic mass is 19.1. The Balaban J connectivity index is 1.89. The number of hydrogen-bond acceptors (Lipinski definition) is 7. The fraction of sp³-hybridized carbons (Fsp3) is 0.294. The minimum atomic E-state index is -0.681. The number of nitrogens with one attached hydrogen (secondary N) is 2. The van der Waals surface area contributed by atoms with E-state index in [-0.39, 0.29) is 29.5 Å². The van der Waals surface area contributed by atoms with Crippen molar-refractivity contribution >= 4 is 23.3 Å². The summed E-state index contributed by atoms with van der Waals surface area (Å²) in [7, 11) is 0. The number of carbonyl (C=O) groups excluding carboxylic acids is 1. The molecule has 0 bridgehead atoms. The highest BCUT2D eigenvalue weighted by Gasteiger charge is 2.22. The molecule has 0 unspecified atom stereocenters. The van der Waals surface area contributed by atoms with Crippen LogP contribution in [0.3, 0.4) is 0 Å². The number of anilines is 3. The number of ether oxygens (including phenoxy) is 1. The summed E-state index contributed by atoms with van der Waals surface area (Å²) in [6, 6.07) is 6.53. The summed E-state index contributed by atoms with van der Waals surface area (Å²) in [5.41, 5.74) is 0.925. The largest absolute Gasteiger partial charge is 0.461 e. The normalized spacial score (nSPS) is 13.0. The molecule has 1 fully saturated rings. The van der Waals surface area contributed by atoms with Gasteiger partial charge in [0.25, 0.3) is 0 Å². The molecular formula is C17H16FN5O2. The van der Waals surface area contributed by atoms with Crippen LogP contribution in [0.25, 0.3) is 0 Å². The SMILES string of the molecule is CCOC(=O)c1cc(NC2CC2)cc(Nc2ncc(C#N)cc2F)n1. The van der Waals surface area contributed by atoms with Gasteiger partial charge in [0.15, 0.2) is 17.3 Å². The molecule has 0 aromatic carbocycles. The summed E-state index contributed by atoms with van der Waals surface area (Å²) in [5.74, 6) is -1.06. The van der Waals surface area contributed by atoms with E-state index in [2.05, 4.69) is 20.6 Å². The number of hydrogen-bond donors (Lipinski definition) is 2. The number of esters is 1. The zero-order valence-corrected chi connectivity index (χ0v) is 13.5. The number of nitrogens with zero attached hydrogens (tertiary/aromatic N) is 3. The van der Waals surface area contributed by atoms with Gasteiger partial charge in [0.1, 0.15) is 11.9 Å². The number of rotatable bonds is 6. The summed E-state index contributed by atoms with van der Waals surface area (Å²) in [5, 5.41) is 14.8. The molecule has 1 aliphatic rings. The van der Waals surface area contributed by atoms with Crippen molar-refractivity contribution in [3.8, 4) is 6.07 Å². The van der Waals surface area contributed by atoms with Crippen molar-refractivity contribution in [1.29, 1.82) is 5.26 Å². The summed E-state index contributed by atoms with van der Waals surface area (Å²) >= 11 is 0. The Morgan fingerprint density at radius 1 is 1.44 bits per heavy atom. The molecule has 128 valence electrons. The number of nitriles is 1. The first-order valence-electron chi connectivity index (χ1n) is 7.87. The Morgan fingerprint density at radius 3 is 2.88 bits per heavy atom. The molecule has 2 aromatic heterocycles. The van der Waals surface area contributed by atoms with E-state index in [4.69, 9.17) is 10.00 Å². The highest BCUT2D eigenvalue weighted by Crippen LogP contribution is 2.27. The van der Waals surface area contributed by atoms with Crippen molar-refractivity contribution in [1.82, 2.24) is 9.97 Å². The van der Waals surface area contributed by atoms with Crippen LogP contribution in [-0.4, -0.2) is 28.6 Å². The fourth-order valence-corrected chi connectivity index (χ4v) is 2.16. The molecule has 0 spiro atoms. The van der Waals surface area contributed by atoms with Crippen LogP contribution < -0.4 is 10.6 Å². The fourth-order valence-electron chi connectivity index (χ4n) is 2.16. The lowest BCUT2D eigenvalue weighted by molar-refractivity contribution is 0.0519. The van der Waals surface area contributed by atoms with Gasteiger partial charge in [-0.05, 0) is 31.9 Å². The minimum absolute atomic E-state index is 0.0788. The van der Waals surface area contributed by atoms with Crippen molar-refractivity contribution in [3.63, 3.8) is 0 Å². The van der Waals surface area contributed by atoms with Crippen LogP contribution in [-0.2, 0) is 4.74 Å². The van der Waals surface area contributed by atoms with Gasteiger partial charge in [0.2, 0.25) is 0 Å². The van der Waals surface area contributed by atoms with Gasteiger partial charge in [-0.1, -0.05) is 0 Å². The summed E-state index contributed by atoms with van der Waals surface area (Å²) in [6.07, 6.45) is 3.38. The molecular weight excluding hydrogens is 325 g/mol. The molecule has 8 heteroatoms. The molecule has 25 heavy (non-hydrogen) atoms. The van der Waals surface area contributed by atoms with Crippen molar-refractivity contribution in [2.24, 2.45) is 0 Å². The van der Waals surface area contributed by atoms with E-state index in [1.54, 1.807) is 19.1 Å². The summed E-state index contributed by atoms with van der Waals surface area (Å²) in [4.78, 5) is 20.0. The molecule has 0 amide bonds. The molecule has 7 nitrogen and oxygen atoms in total. The minimum Gasteiger partial charge on any atom is -0.461 e. The van der Waals surface area contributed by atoms with E-state index >= 15 is 0 Å². The van der Waals surface area contributed by atoms with Crippen LogP contribution in [0.2, 0.25) is 0 Å². The van der Waals surface area contributed by atoms with Gasteiger partial charge in [-0.25, -0.2) is 19.2 Å². The van der Waals surface area contributed by atoms with Crippen LogP contribution in [0.1, 0.15) is 35.8 Å². The number of halogens is 1. The first kappa shape index (κ1) is 16.6. The smallest absolute Gasteiger partial charge is 0.357 e. The van der Waals surface area contributed by atoms with Gasteiger partial charge in [-0.2, -0.15) is 5.26 Å². The monoisotopic (exact) mass is 341 g/mol. The van der Waals surface area contributed by atoms with Crippen LogP contribution >= 0.6 is 0 Å². The van der Waals surface area contributed by atoms with Crippen molar-refractivity contribution in [3.05, 3.63) is 41.5 Å². The van der Waals surface area contributed by atoms with Gasteiger partial charge in [0.05, 0.1) is 12.2 Å². The first-order valence-corrected chi connectivity index (χ1v) is 7.87. The maximum atomic E-state index is 14.0. The predicted octanol–water partition coefficient (Wildman–Crippen LogP) is 2.98. The van der Waals surface area contributed by atoms with E-state index in [9.17, 15) is 9.18 Å². The van der Waals surface area contributed by atoms with E-state index in [0.717, 1.165) is 18.9 Å². The lowest BCUT2D eigenvalue weighted by atomic mass is 10.2. The third kappa shape index (κ3) is 4.20. The lowest BCUT2D eigenvalue weighted by Gasteiger charge is -2.11. The van der Waals surface area contributed by atoms with E-state index in [1.807, 2.05) is 6.07 Å². The zero-order valence-electron chi connectivity index (χ0n) is 13.5. The predicted molar refractivity (Wildman–Crippen MR) is 89.0 cm³/mol. The Morgan fingerprint density at radius 2 is 2.24 bits per heavy atom. The highest BCUT2D eigenvalue weighted by molar-refractivity contribution is 5.89. The number of aromatic nitrogens is 2. The van der Waals surface area contributed by atoms with Crippen molar-refractivity contribution < 1.29 is 13.9 Å². The maximum Gasteiger partial charge on any atom is 0.357 e. The average Bonchev–Trinajstić information content (AvgIpc) is 3.40. The van der Waals surface area contributed by atoms with Gasteiger partial charge in [0, 0.05) is 24.0 Å². The standard InChI is InChI=1S/C17H16FN5O2/c1-2-25-17(24)14-6-12(21-11-3-4-11)7-15(22-14)23-16-13(18)5-10(8-19)9-20-16/h5-7,9,11H,2-4H2,1H3,(H2,20,21,22,23). The third-order valence-corrected chi connectivity index (χ3v) is 3.47. The first-order chi connectivity index (χ1) is 12.1. The van der Waals surface area contributed by atoms with E-state index in [1.165, 1.54) is 6.20 Å². The van der Waals surface area contributed by atoms with E-state index < -0.39 is 11.8 Å². The Kier molecular flexibility index (Phi) is 4.75. The van der Waals surface area contributed by atoms with Gasteiger partial charge in [-0.3, -0.25) is 0 Å². The topological polar surface area (TPSA) is 99.9 Å². The lowest BCUT2D eigenvalue weighted by Crippen LogP contribution is -2.11. The van der Waals surface area contributed by atoms with Crippen LogP contribution in [0.5, 0.6) is 0 Å². The van der Waals surface area contributed by atoms with Gasteiger partial charge >= 0.3 is 5.97 Å².